The molecule has 0 atom stereocenters. The number of hydrogen-bond acceptors (Lipinski definition) is 3. The number of halogens is 1. The van der Waals surface area contributed by atoms with Gasteiger partial charge in [-0.3, -0.25) is 16.1 Å². The quantitative estimate of drug-likeness (QED) is 0.181. The van der Waals surface area contributed by atoms with E-state index in [1.165, 1.54) is 0 Å². The van der Waals surface area contributed by atoms with Gasteiger partial charge in [0, 0.05) is 0 Å². The summed E-state index contributed by atoms with van der Waals surface area (Å²) in [6.07, 6.45) is 0. The van der Waals surface area contributed by atoms with Crippen molar-refractivity contribution in [2.24, 2.45) is 5.84 Å². The zero-order valence-corrected chi connectivity index (χ0v) is 3.62. The molecule has 0 spiro atoms. The zero-order chi connectivity index (χ0) is 4.99. The van der Waals surface area contributed by atoms with Crippen LogP contribution in [0.5, 0.6) is 0 Å². The summed E-state index contributed by atoms with van der Waals surface area (Å²) in [5, 5.41) is -0.725. The van der Waals surface area contributed by atoms with E-state index in [1.54, 1.807) is 0 Å². The molecule has 0 aromatic rings. The molecule has 0 saturated carbocycles. The molecule has 0 aliphatic heterocycles. The number of carbonyl (C=O) groups is 1. The van der Waals surface area contributed by atoms with Gasteiger partial charge in [0.1, 0.15) is 0 Å². The van der Waals surface area contributed by atoms with E-state index in [1.807, 2.05) is 11.0 Å². The Hall–Kier alpha value is -0.320. The summed E-state index contributed by atoms with van der Waals surface area (Å²) in [5.74, 6) is 4.56. The van der Waals surface area contributed by atoms with Crippen molar-refractivity contribution in [3.05, 3.63) is 0 Å². The van der Waals surface area contributed by atoms with Crippen molar-refractivity contribution in [2.75, 3.05) is 0 Å². The van der Waals surface area contributed by atoms with Crippen molar-refractivity contribution < 1.29 is 4.79 Å². The minimum absolute atomic E-state index is 0.725. The molecule has 0 aromatic heterocycles. The van der Waals surface area contributed by atoms with Gasteiger partial charge in [0.05, 0.1) is 0 Å². The van der Waals surface area contributed by atoms with Crippen LogP contribution in [0.4, 0.5) is 4.79 Å². The van der Waals surface area contributed by atoms with Crippen LogP contribution in [0, 0.1) is 0 Å². The second-order valence-electron chi connectivity index (χ2n) is 0.543. The summed E-state index contributed by atoms with van der Waals surface area (Å²) >= 11 is 4.69. The van der Waals surface area contributed by atoms with E-state index in [4.69, 9.17) is 0 Å². The normalized spacial score (nSPS) is 7.67. The highest BCUT2D eigenvalue weighted by atomic mass is 35.5. The molecular formula is CH4ClN3O. The van der Waals surface area contributed by atoms with Gasteiger partial charge in [0.2, 0.25) is 0 Å². The van der Waals surface area contributed by atoms with E-state index in [-0.39, 0.29) is 0 Å². The van der Waals surface area contributed by atoms with E-state index in [0.717, 1.165) is 0 Å². The maximum atomic E-state index is 9.56. The largest absolute Gasteiger partial charge is 0.329 e. The summed E-state index contributed by atoms with van der Waals surface area (Å²) in [4.78, 5) is 9.56. The number of nitrogens with one attached hydrogen (secondary N) is 2. The van der Waals surface area contributed by atoms with Crippen LogP contribution >= 0.6 is 11.6 Å². The average Bonchev–Trinajstić information content (AvgIpc) is 1.35. The maximum Gasteiger partial charge on any atom is 0.329 e. The lowest BCUT2D eigenvalue weighted by molar-refractivity contribution is 0.256. The molecule has 0 heterocycles. The lowest BCUT2D eigenvalue weighted by Crippen LogP contribution is -2.39. The van der Waals surface area contributed by atoms with Crippen LogP contribution in [0.25, 0.3) is 0 Å². The monoisotopic (exact) mass is 109 g/mol. The van der Waals surface area contributed by atoms with Crippen molar-refractivity contribution >= 4 is 17.0 Å². The SMILES string of the molecule is NNNC(=O)Cl. The molecule has 5 heteroatoms. The summed E-state index contributed by atoms with van der Waals surface area (Å²) in [6.45, 7) is 0. The lowest BCUT2D eigenvalue weighted by Gasteiger charge is -1.89. The van der Waals surface area contributed by atoms with Gasteiger partial charge in [-0.25, -0.2) is 0 Å². The highest BCUT2D eigenvalue weighted by Crippen LogP contribution is 1.68. The van der Waals surface area contributed by atoms with Crippen LogP contribution in [0.2, 0.25) is 0 Å². The number of rotatable bonds is 1. The van der Waals surface area contributed by atoms with E-state index in [0.29, 0.717) is 0 Å². The molecule has 6 heavy (non-hydrogen) atoms. The first kappa shape index (κ1) is 5.68. The van der Waals surface area contributed by atoms with Crippen molar-refractivity contribution in [1.82, 2.24) is 11.0 Å². The van der Waals surface area contributed by atoms with E-state index in [2.05, 4.69) is 17.4 Å². The predicted molar refractivity (Wildman–Crippen MR) is 21.7 cm³/mol. The third kappa shape index (κ3) is 3.68. The number of amides is 1. The van der Waals surface area contributed by atoms with Gasteiger partial charge in [-0.05, 0) is 11.6 Å². The van der Waals surface area contributed by atoms with Gasteiger partial charge in [0.25, 0.3) is 0 Å². The molecule has 0 fully saturated rings. The van der Waals surface area contributed by atoms with Gasteiger partial charge in [-0.15, -0.1) is 0 Å². The van der Waals surface area contributed by atoms with E-state index in [9.17, 15) is 4.79 Å². The molecule has 0 aromatic carbocycles. The minimum atomic E-state index is -0.725. The minimum Gasteiger partial charge on any atom is -0.264 e. The topological polar surface area (TPSA) is 67.2 Å². The van der Waals surface area contributed by atoms with E-state index >= 15 is 0 Å². The summed E-state index contributed by atoms with van der Waals surface area (Å²) in [5.41, 5.74) is 3.70. The summed E-state index contributed by atoms with van der Waals surface area (Å²) < 4.78 is 0. The van der Waals surface area contributed by atoms with Crippen LogP contribution in [0.3, 0.4) is 0 Å². The van der Waals surface area contributed by atoms with Gasteiger partial charge in [-0.2, -0.15) is 5.53 Å². The molecule has 0 saturated heterocycles. The summed E-state index contributed by atoms with van der Waals surface area (Å²) in [7, 11) is 0. The highest BCUT2D eigenvalue weighted by Gasteiger charge is 1.82. The Bertz CT molecular complexity index is 54.8. The Morgan fingerprint density at radius 2 is 2.33 bits per heavy atom. The third-order valence-corrected chi connectivity index (χ3v) is 0.265. The third-order valence-electron chi connectivity index (χ3n) is 0.170. The fraction of sp³-hybridized carbons (Fsp3) is 0. The van der Waals surface area contributed by atoms with Gasteiger partial charge < -0.3 is 0 Å². The summed E-state index contributed by atoms with van der Waals surface area (Å²) in [6, 6.07) is 0. The Morgan fingerprint density at radius 3 is 2.33 bits per heavy atom. The van der Waals surface area contributed by atoms with E-state index < -0.39 is 5.37 Å². The van der Waals surface area contributed by atoms with Crippen LogP contribution in [0.15, 0.2) is 0 Å². The molecule has 0 aliphatic rings. The molecule has 0 bridgehead atoms. The van der Waals surface area contributed by atoms with Gasteiger partial charge in [0.15, 0.2) is 0 Å². The van der Waals surface area contributed by atoms with Crippen LogP contribution in [-0.4, -0.2) is 5.37 Å². The average molecular weight is 110 g/mol. The predicted octanol–water partition coefficient (Wildman–Crippen LogP) is -0.687. The number of nitrogens with two attached hydrogens (primary N) is 1. The molecular weight excluding hydrogens is 105 g/mol. The molecule has 4 nitrogen and oxygen atoms in total. The Labute approximate surface area is 39.6 Å². The van der Waals surface area contributed by atoms with Crippen molar-refractivity contribution in [3.63, 3.8) is 0 Å². The Kier molecular flexibility index (Phi) is 2.74. The first-order valence-corrected chi connectivity index (χ1v) is 1.56. The lowest BCUT2D eigenvalue weighted by atomic mass is 11.4. The van der Waals surface area contributed by atoms with Gasteiger partial charge >= 0.3 is 5.37 Å². The van der Waals surface area contributed by atoms with Crippen molar-refractivity contribution in [2.45, 2.75) is 0 Å². The standard InChI is InChI=1S/CH4ClN3O/c2-1(6)4-5-3/h5H,3H2,(H,4,6). The first-order valence-electron chi connectivity index (χ1n) is 1.18. The van der Waals surface area contributed by atoms with Crippen LogP contribution < -0.4 is 16.8 Å². The fourth-order valence-corrected chi connectivity index (χ4v) is 0.111. The van der Waals surface area contributed by atoms with Crippen LogP contribution in [0.1, 0.15) is 0 Å². The molecule has 36 valence electrons. The Morgan fingerprint density at radius 1 is 1.83 bits per heavy atom. The fourth-order valence-electron chi connectivity index (χ4n) is 0.0567. The molecule has 4 N–H and O–H groups in total. The maximum absolute atomic E-state index is 9.56. The second kappa shape index (κ2) is 2.89. The Balaban J connectivity index is 2.83. The molecule has 0 rings (SSSR count). The molecule has 0 radical (unpaired) electrons. The van der Waals surface area contributed by atoms with Crippen molar-refractivity contribution in [1.29, 1.82) is 0 Å². The van der Waals surface area contributed by atoms with Crippen LogP contribution in [-0.2, 0) is 0 Å². The van der Waals surface area contributed by atoms with Crippen molar-refractivity contribution in [3.8, 4) is 0 Å². The number of hydrazine groups is 2. The highest BCUT2D eigenvalue weighted by molar-refractivity contribution is 6.62. The number of hydrogen-bond donors (Lipinski definition) is 3. The molecule has 0 aliphatic carbocycles. The molecule has 1 amide bonds. The second-order valence-corrected chi connectivity index (χ2v) is 0.886. The smallest absolute Gasteiger partial charge is 0.264 e. The zero-order valence-electron chi connectivity index (χ0n) is 2.86. The molecule has 0 unspecified atom stereocenters. The first-order chi connectivity index (χ1) is 2.77. The van der Waals surface area contributed by atoms with Gasteiger partial charge in [-0.1, -0.05) is 0 Å². The number of carbonyl (C=O) groups excluding carboxylic acids is 1.